The van der Waals surface area contributed by atoms with Crippen molar-refractivity contribution >= 4 is 17.5 Å². The second-order valence-electron chi connectivity index (χ2n) is 11.6. The number of esters is 1. The van der Waals surface area contributed by atoms with Gasteiger partial charge in [-0.05, 0) is 82.9 Å². The highest BCUT2D eigenvalue weighted by Crippen LogP contribution is 2.44. The third kappa shape index (κ3) is 6.55. The summed E-state index contributed by atoms with van der Waals surface area (Å²) in [4.78, 5) is 41.5. The SMILES string of the molecule is O=C(Oc1cccc2c1C(=O)c1c(O)cccc1C2C(=O)c1ccc(OCc2ccccc2)cc1)c1ccc(OCc2ccccc2)cc1. The summed E-state index contributed by atoms with van der Waals surface area (Å²) in [6.45, 7) is 0.760. The second kappa shape index (κ2) is 13.7. The Morgan fingerprint density at radius 2 is 1.06 bits per heavy atom. The van der Waals surface area contributed by atoms with Gasteiger partial charge in [-0.25, -0.2) is 4.79 Å². The van der Waals surface area contributed by atoms with Gasteiger partial charge in [-0.1, -0.05) is 84.9 Å². The number of phenols is 1. The largest absolute Gasteiger partial charge is 0.507 e. The third-order valence-corrected chi connectivity index (χ3v) is 8.40. The second-order valence-corrected chi connectivity index (χ2v) is 11.6. The number of aromatic hydroxyl groups is 1. The molecule has 1 N–H and O–H groups in total. The van der Waals surface area contributed by atoms with E-state index in [4.69, 9.17) is 14.2 Å². The highest BCUT2D eigenvalue weighted by atomic mass is 16.5. The van der Waals surface area contributed by atoms with Gasteiger partial charge in [0.1, 0.15) is 36.2 Å². The van der Waals surface area contributed by atoms with E-state index in [9.17, 15) is 19.5 Å². The molecule has 0 aromatic heterocycles. The summed E-state index contributed by atoms with van der Waals surface area (Å²) in [7, 11) is 0. The highest BCUT2D eigenvalue weighted by molar-refractivity contribution is 6.19. The molecule has 0 amide bonds. The van der Waals surface area contributed by atoms with Crippen LogP contribution in [0.2, 0.25) is 0 Å². The van der Waals surface area contributed by atoms with Gasteiger partial charge in [-0.2, -0.15) is 0 Å². The minimum atomic E-state index is -0.939. The quantitative estimate of drug-likeness (QED) is 0.0908. The van der Waals surface area contributed by atoms with Crippen molar-refractivity contribution in [1.82, 2.24) is 0 Å². The predicted octanol–water partition coefficient (Wildman–Crippen LogP) is 8.33. The smallest absolute Gasteiger partial charge is 0.343 e. The zero-order valence-corrected chi connectivity index (χ0v) is 26.2. The van der Waals surface area contributed by atoms with Crippen molar-refractivity contribution in [2.45, 2.75) is 19.1 Å². The fourth-order valence-corrected chi connectivity index (χ4v) is 5.95. The van der Waals surface area contributed by atoms with Gasteiger partial charge in [0.15, 0.2) is 5.78 Å². The lowest BCUT2D eigenvalue weighted by Crippen LogP contribution is -2.26. The van der Waals surface area contributed by atoms with Crippen molar-refractivity contribution in [2.24, 2.45) is 0 Å². The maximum atomic E-state index is 14.2. The summed E-state index contributed by atoms with van der Waals surface area (Å²) in [6.07, 6.45) is 0. The molecule has 6 aromatic carbocycles. The monoisotopic (exact) mass is 646 g/mol. The van der Waals surface area contributed by atoms with Crippen LogP contribution in [0.1, 0.15) is 64.8 Å². The van der Waals surface area contributed by atoms with Crippen LogP contribution in [0.3, 0.4) is 0 Å². The Kier molecular flexibility index (Phi) is 8.72. The number of Topliss-reactive ketones (excluding diaryl/α,β-unsaturated/α-hetero) is 1. The van der Waals surface area contributed by atoms with Gasteiger partial charge in [0.05, 0.1) is 22.6 Å². The molecule has 240 valence electrons. The van der Waals surface area contributed by atoms with Gasteiger partial charge in [-0.3, -0.25) is 9.59 Å². The van der Waals surface area contributed by atoms with Gasteiger partial charge >= 0.3 is 5.97 Å². The lowest BCUT2D eigenvalue weighted by molar-refractivity contribution is 0.0732. The molecule has 6 aromatic rings. The first kappa shape index (κ1) is 31.1. The maximum Gasteiger partial charge on any atom is 0.343 e. The molecule has 1 atom stereocenters. The Morgan fingerprint density at radius 3 is 1.63 bits per heavy atom. The van der Waals surface area contributed by atoms with E-state index in [2.05, 4.69) is 0 Å². The first-order valence-electron chi connectivity index (χ1n) is 15.8. The summed E-state index contributed by atoms with van der Waals surface area (Å²) in [6, 6.07) is 42.3. The van der Waals surface area contributed by atoms with Gasteiger partial charge < -0.3 is 19.3 Å². The normalized spacial score (nSPS) is 13.1. The topological polar surface area (TPSA) is 99.1 Å². The molecular weight excluding hydrogens is 616 g/mol. The van der Waals surface area contributed by atoms with Gasteiger partial charge in [0.2, 0.25) is 5.78 Å². The number of fused-ring (bicyclic) bond motifs is 2. The van der Waals surface area contributed by atoms with Crippen molar-refractivity contribution < 1.29 is 33.7 Å². The van der Waals surface area contributed by atoms with Crippen LogP contribution in [0, 0.1) is 0 Å². The molecule has 7 heteroatoms. The number of carbonyl (C=O) groups excluding carboxylic acids is 3. The van der Waals surface area contributed by atoms with Crippen LogP contribution in [0.5, 0.6) is 23.0 Å². The fraction of sp³-hybridized carbons (Fsp3) is 0.0714. The van der Waals surface area contributed by atoms with E-state index in [0.717, 1.165) is 11.1 Å². The van der Waals surface area contributed by atoms with E-state index >= 15 is 0 Å². The number of rotatable bonds is 10. The van der Waals surface area contributed by atoms with E-state index in [1.54, 1.807) is 72.8 Å². The number of ether oxygens (including phenoxy) is 3. The Bertz CT molecular complexity index is 2140. The molecule has 1 unspecified atom stereocenters. The van der Waals surface area contributed by atoms with E-state index in [1.807, 2.05) is 60.7 Å². The average Bonchev–Trinajstić information content (AvgIpc) is 3.14. The number of ketones is 2. The molecule has 0 fully saturated rings. The van der Waals surface area contributed by atoms with E-state index < -0.39 is 17.7 Å². The predicted molar refractivity (Wildman–Crippen MR) is 184 cm³/mol. The average molecular weight is 647 g/mol. The molecule has 0 spiro atoms. The zero-order valence-electron chi connectivity index (χ0n) is 26.2. The standard InChI is InChI=1S/C42H30O7/c43-35-15-7-13-33-37(40(44)29-17-21-31(22-18-29)47-25-27-9-3-1-4-10-27)34-14-8-16-36(39(34)41(45)38(33)35)49-42(46)30-19-23-32(24-20-30)48-26-28-11-5-2-6-12-28/h1-24,37,43H,25-26H2. The summed E-state index contributed by atoms with van der Waals surface area (Å²) in [5.41, 5.74) is 3.48. The Hall–Kier alpha value is -6.47. The Balaban J connectivity index is 1.14. The van der Waals surface area contributed by atoms with Crippen molar-refractivity contribution in [1.29, 1.82) is 0 Å². The summed E-state index contributed by atoms with van der Waals surface area (Å²) in [5, 5.41) is 10.8. The van der Waals surface area contributed by atoms with Crippen LogP contribution >= 0.6 is 0 Å². The molecule has 7 nitrogen and oxygen atoms in total. The molecule has 7 rings (SSSR count). The number of benzene rings is 6. The molecular formula is C42H30O7. The van der Waals surface area contributed by atoms with Crippen LogP contribution in [0.4, 0.5) is 0 Å². The van der Waals surface area contributed by atoms with E-state index in [-0.39, 0.29) is 34.0 Å². The van der Waals surface area contributed by atoms with Crippen LogP contribution in [-0.4, -0.2) is 22.6 Å². The van der Waals surface area contributed by atoms with Gasteiger partial charge in [0.25, 0.3) is 0 Å². The lowest BCUT2D eigenvalue weighted by Gasteiger charge is -2.28. The number of carbonyl (C=O) groups is 3. The van der Waals surface area contributed by atoms with Gasteiger partial charge in [-0.15, -0.1) is 0 Å². The fourth-order valence-electron chi connectivity index (χ4n) is 5.95. The molecule has 0 radical (unpaired) electrons. The minimum absolute atomic E-state index is 0.000388. The Labute approximate surface area is 283 Å². The maximum absolute atomic E-state index is 14.2. The third-order valence-electron chi connectivity index (χ3n) is 8.40. The zero-order chi connectivity index (χ0) is 33.7. The first-order chi connectivity index (χ1) is 24.0. The van der Waals surface area contributed by atoms with Crippen molar-refractivity contribution in [3.63, 3.8) is 0 Å². The molecule has 0 heterocycles. The molecule has 1 aliphatic rings. The first-order valence-corrected chi connectivity index (χ1v) is 15.8. The van der Waals surface area contributed by atoms with E-state index in [1.165, 1.54) is 12.1 Å². The van der Waals surface area contributed by atoms with Crippen LogP contribution in [0.25, 0.3) is 0 Å². The molecule has 0 saturated carbocycles. The number of hydrogen-bond donors (Lipinski definition) is 1. The molecule has 1 aliphatic carbocycles. The molecule has 49 heavy (non-hydrogen) atoms. The van der Waals surface area contributed by atoms with Crippen LogP contribution < -0.4 is 14.2 Å². The van der Waals surface area contributed by atoms with Crippen molar-refractivity contribution in [2.75, 3.05) is 0 Å². The van der Waals surface area contributed by atoms with Crippen molar-refractivity contribution in [3.05, 3.63) is 190 Å². The summed E-state index contributed by atoms with van der Waals surface area (Å²) < 4.78 is 17.5. The highest BCUT2D eigenvalue weighted by Gasteiger charge is 2.39. The van der Waals surface area contributed by atoms with Gasteiger partial charge in [0, 0.05) is 5.56 Å². The van der Waals surface area contributed by atoms with Crippen LogP contribution in [0.15, 0.2) is 146 Å². The summed E-state index contributed by atoms with van der Waals surface area (Å²) >= 11 is 0. The summed E-state index contributed by atoms with van der Waals surface area (Å²) in [5.74, 6) is -1.54. The van der Waals surface area contributed by atoms with E-state index in [0.29, 0.717) is 41.4 Å². The van der Waals surface area contributed by atoms with Crippen LogP contribution in [-0.2, 0) is 13.2 Å². The molecule has 0 saturated heterocycles. The lowest BCUT2D eigenvalue weighted by atomic mass is 9.73. The number of phenolic OH excluding ortho intramolecular Hbond substituents is 1. The minimum Gasteiger partial charge on any atom is -0.507 e. The Morgan fingerprint density at radius 1 is 0.551 bits per heavy atom. The number of hydrogen-bond acceptors (Lipinski definition) is 7. The molecule has 0 bridgehead atoms. The molecule has 0 aliphatic heterocycles. The van der Waals surface area contributed by atoms with Crippen molar-refractivity contribution in [3.8, 4) is 23.0 Å².